The van der Waals surface area contributed by atoms with Gasteiger partial charge in [0.05, 0.1) is 21.4 Å². The molecule has 0 fully saturated rings. The fourth-order valence-corrected chi connectivity index (χ4v) is 3.95. The number of hydrogen-bond donors (Lipinski definition) is 0. The molecule has 1 atom stereocenters. The molecule has 5 heteroatoms. The van der Waals surface area contributed by atoms with Crippen LogP contribution in [0.25, 0.3) is 11.0 Å². The van der Waals surface area contributed by atoms with Crippen LogP contribution in [0, 0.1) is 6.92 Å². The second kappa shape index (κ2) is 5.99. The highest BCUT2D eigenvalue weighted by molar-refractivity contribution is 7.16. The first kappa shape index (κ1) is 14.9. The van der Waals surface area contributed by atoms with Crippen molar-refractivity contribution in [3.63, 3.8) is 0 Å². The molecule has 0 aliphatic heterocycles. The fraction of sp³-hybridized carbons (Fsp3) is 0.312. The summed E-state index contributed by atoms with van der Waals surface area (Å²) in [6, 6.07) is 10.5. The van der Waals surface area contributed by atoms with Crippen molar-refractivity contribution in [2.45, 2.75) is 26.3 Å². The molecule has 0 aliphatic rings. The predicted molar refractivity (Wildman–Crippen MR) is 92.0 cm³/mol. The Hall–Kier alpha value is -1.03. The smallest absolute Gasteiger partial charge is 0.111 e. The summed E-state index contributed by atoms with van der Waals surface area (Å²) in [6.45, 7) is 4.28. The minimum absolute atomic E-state index is 0.201. The van der Waals surface area contributed by atoms with Gasteiger partial charge >= 0.3 is 0 Å². The molecule has 0 saturated heterocycles. The van der Waals surface area contributed by atoms with Crippen LogP contribution in [-0.2, 0) is 6.42 Å². The Morgan fingerprint density at radius 2 is 2.10 bits per heavy atom. The second-order valence-electron chi connectivity index (χ2n) is 5.10. The maximum atomic E-state index is 6.08. The van der Waals surface area contributed by atoms with Crippen molar-refractivity contribution >= 4 is 45.6 Å². The maximum Gasteiger partial charge on any atom is 0.111 e. The van der Waals surface area contributed by atoms with Crippen molar-refractivity contribution in [1.82, 2.24) is 9.55 Å². The Morgan fingerprint density at radius 3 is 2.76 bits per heavy atom. The van der Waals surface area contributed by atoms with Crippen LogP contribution in [-0.4, -0.2) is 15.4 Å². The van der Waals surface area contributed by atoms with E-state index >= 15 is 0 Å². The van der Waals surface area contributed by atoms with E-state index in [0.717, 1.165) is 27.6 Å². The third kappa shape index (κ3) is 2.70. The standard InChI is InChI=1S/C16H16Cl2N2S/c1-10-4-3-5-12-16(10)19-15(8-9-17)20(12)11(2)13-6-7-14(18)21-13/h3-7,11H,8-9H2,1-2H3. The number of aryl methyl sites for hydroxylation is 2. The summed E-state index contributed by atoms with van der Waals surface area (Å²) < 4.78 is 3.10. The summed E-state index contributed by atoms with van der Waals surface area (Å²) in [5.74, 6) is 1.60. The summed E-state index contributed by atoms with van der Waals surface area (Å²) in [5.41, 5.74) is 3.41. The molecule has 0 aliphatic carbocycles. The van der Waals surface area contributed by atoms with Gasteiger partial charge in [-0.25, -0.2) is 4.98 Å². The van der Waals surface area contributed by atoms with Crippen molar-refractivity contribution in [3.8, 4) is 0 Å². The molecular formula is C16H16Cl2N2S. The molecule has 110 valence electrons. The van der Waals surface area contributed by atoms with E-state index in [9.17, 15) is 0 Å². The molecule has 0 bridgehead atoms. The van der Waals surface area contributed by atoms with Gasteiger partial charge in [-0.3, -0.25) is 0 Å². The molecule has 1 unspecified atom stereocenters. The van der Waals surface area contributed by atoms with Crippen molar-refractivity contribution in [1.29, 1.82) is 0 Å². The van der Waals surface area contributed by atoms with E-state index in [1.165, 1.54) is 10.4 Å². The average molecular weight is 339 g/mol. The normalized spacial score (nSPS) is 13.0. The van der Waals surface area contributed by atoms with Crippen molar-refractivity contribution in [2.75, 3.05) is 5.88 Å². The van der Waals surface area contributed by atoms with Gasteiger partial charge in [0, 0.05) is 17.2 Å². The molecule has 0 N–H and O–H groups in total. The van der Waals surface area contributed by atoms with Crippen LogP contribution in [0.4, 0.5) is 0 Å². The van der Waals surface area contributed by atoms with Gasteiger partial charge in [-0.2, -0.15) is 0 Å². The Morgan fingerprint density at radius 1 is 1.29 bits per heavy atom. The van der Waals surface area contributed by atoms with Gasteiger partial charge in [0.25, 0.3) is 0 Å². The highest BCUT2D eigenvalue weighted by Crippen LogP contribution is 2.33. The molecule has 2 aromatic heterocycles. The first-order valence-corrected chi connectivity index (χ1v) is 8.62. The highest BCUT2D eigenvalue weighted by atomic mass is 35.5. The largest absolute Gasteiger partial charge is 0.320 e. The summed E-state index contributed by atoms with van der Waals surface area (Å²) in [5, 5.41) is 0. The Bertz CT molecular complexity index is 776. The van der Waals surface area contributed by atoms with Crippen molar-refractivity contribution < 1.29 is 0 Å². The molecule has 1 aromatic carbocycles. The molecule has 21 heavy (non-hydrogen) atoms. The van der Waals surface area contributed by atoms with E-state index in [-0.39, 0.29) is 6.04 Å². The number of nitrogens with zero attached hydrogens (tertiary/aromatic N) is 2. The number of benzene rings is 1. The van der Waals surface area contributed by atoms with E-state index in [1.54, 1.807) is 11.3 Å². The lowest BCUT2D eigenvalue weighted by atomic mass is 10.2. The summed E-state index contributed by atoms with van der Waals surface area (Å²) in [6.07, 6.45) is 0.763. The van der Waals surface area contributed by atoms with E-state index in [2.05, 4.69) is 42.7 Å². The lowest BCUT2D eigenvalue weighted by Gasteiger charge is -2.16. The van der Waals surface area contributed by atoms with Crippen LogP contribution in [0.5, 0.6) is 0 Å². The average Bonchev–Trinajstić information content (AvgIpc) is 3.03. The van der Waals surface area contributed by atoms with Crippen LogP contribution in [0.3, 0.4) is 0 Å². The number of thiophene rings is 1. The van der Waals surface area contributed by atoms with Gasteiger partial charge in [0.15, 0.2) is 0 Å². The van der Waals surface area contributed by atoms with Gasteiger partial charge in [-0.05, 0) is 37.6 Å². The summed E-state index contributed by atoms with van der Waals surface area (Å²) >= 11 is 13.7. The van der Waals surface area contributed by atoms with Crippen molar-refractivity contribution in [3.05, 3.63) is 50.9 Å². The van der Waals surface area contributed by atoms with Gasteiger partial charge in [-0.1, -0.05) is 23.7 Å². The third-order valence-corrected chi connectivity index (χ3v) is 5.30. The Labute approximate surface area is 138 Å². The zero-order valence-corrected chi connectivity index (χ0v) is 14.3. The number of alkyl halides is 1. The van der Waals surface area contributed by atoms with Crippen LogP contribution in [0.1, 0.15) is 29.2 Å². The van der Waals surface area contributed by atoms with Gasteiger partial charge in [0.1, 0.15) is 5.82 Å². The lowest BCUT2D eigenvalue weighted by Crippen LogP contribution is -2.10. The third-order valence-electron chi connectivity index (χ3n) is 3.71. The van der Waals surface area contributed by atoms with Gasteiger partial charge in [-0.15, -0.1) is 22.9 Å². The van der Waals surface area contributed by atoms with Crippen LogP contribution < -0.4 is 0 Å². The Balaban J connectivity index is 2.19. The maximum absolute atomic E-state index is 6.08. The molecule has 0 radical (unpaired) electrons. The van der Waals surface area contributed by atoms with Gasteiger partial charge in [0.2, 0.25) is 0 Å². The van der Waals surface area contributed by atoms with E-state index in [0.29, 0.717) is 5.88 Å². The number of halogens is 2. The number of aromatic nitrogens is 2. The van der Waals surface area contributed by atoms with Gasteiger partial charge < -0.3 is 4.57 Å². The molecule has 3 aromatic rings. The number of para-hydroxylation sites is 1. The van der Waals surface area contributed by atoms with Crippen LogP contribution in [0.15, 0.2) is 30.3 Å². The zero-order valence-electron chi connectivity index (χ0n) is 11.9. The minimum atomic E-state index is 0.201. The molecule has 0 saturated carbocycles. The number of hydrogen-bond acceptors (Lipinski definition) is 2. The monoisotopic (exact) mass is 338 g/mol. The predicted octanol–water partition coefficient (Wildman–Crippen LogP) is 5.45. The fourth-order valence-electron chi connectivity index (χ4n) is 2.68. The first-order chi connectivity index (χ1) is 10.1. The number of imidazole rings is 1. The first-order valence-electron chi connectivity index (χ1n) is 6.89. The van der Waals surface area contributed by atoms with E-state index in [4.69, 9.17) is 28.2 Å². The number of fused-ring (bicyclic) bond motifs is 1. The zero-order chi connectivity index (χ0) is 15.0. The molecule has 2 nitrogen and oxygen atoms in total. The van der Waals surface area contributed by atoms with Crippen LogP contribution >= 0.6 is 34.5 Å². The highest BCUT2D eigenvalue weighted by Gasteiger charge is 2.19. The molecule has 0 spiro atoms. The molecular weight excluding hydrogens is 323 g/mol. The SMILES string of the molecule is Cc1cccc2c1nc(CCCl)n2C(C)c1ccc(Cl)s1. The van der Waals surface area contributed by atoms with E-state index < -0.39 is 0 Å². The second-order valence-corrected chi connectivity index (χ2v) is 7.22. The topological polar surface area (TPSA) is 17.8 Å². The molecule has 2 heterocycles. The summed E-state index contributed by atoms with van der Waals surface area (Å²) in [4.78, 5) is 6.04. The molecule has 0 amide bonds. The van der Waals surface area contributed by atoms with E-state index in [1.807, 2.05) is 6.07 Å². The lowest BCUT2D eigenvalue weighted by molar-refractivity contribution is 0.633. The molecule has 3 rings (SSSR count). The quantitative estimate of drug-likeness (QED) is 0.578. The summed E-state index contributed by atoms with van der Waals surface area (Å²) in [7, 11) is 0. The van der Waals surface area contributed by atoms with Crippen molar-refractivity contribution in [2.24, 2.45) is 0 Å². The van der Waals surface area contributed by atoms with Crippen LogP contribution in [0.2, 0.25) is 4.34 Å². The number of rotatable bonds is 4. The minimum Gasteiger partial charge on any atom is -0.320 e. The Kier molecular flexibility index (Phi) is 4.25.